The summed E-state index contributed by atoms with van der Waals surface area (Å²) in [5.41, 5.74) is 1.88. The molecule has 0 saturated carbocycles. The van der Waals surface area contributed by atoms with Crippen LogP contribution in [0.3, 0.4) is 0 Å². The van der Waals surface area contributed by atoms with E-state index in [-0.39, 0.29) is 35.9 Å². The van der Waals surface area contributed by atoms with Gasteiger partial charge >= 0.3 is 0 Å². The van der Waals surface area contributed by atoms with Crippen molar-refractivity contribution in [1.82, 2.24) is 30.0 Å². The summed E-state index contributed by atoms with van der Waals surface area (Å²) in [6.07, 6.45) is 1.65. The fourth-order valence-corrected chi connectivity index (χ4v) is 4.99. The van der Waals surface area contributed by atoms with E-state index in [1.165, 1.54) is 4.90 Å². The molecule has 3 aliphatic rings. The van der Waals surface area contributed by atoms with Gasteiger partial charge in [0.15, 0.2) is 0 Å². The molecule has 0 spiro atoms. The molecule has 0 aliphatic carbocycles. The Morgan fingerprint density at radius 2 is 1.75 bits per heavy atom. The Morgan fingerprint density at radius 3 is 2.50 bits per heavy atom. The van der Waals surface area contributed by atoms with Crippen LogP contribution >= 0.6 is 0 Å². The molecule has 36 heavy (non-hydrogen) atoms. The number of piperazine rings is 1. The average Bonchev–Trinajstić information content (AvgIpc) is 3.67. The van der Waals surface area contributed by atoms with Gasteiger partial charge in [0.1, 0.15) is 0 Å². The van der Waals surface area contributed by atoms with Gasteiger partial charge in [0.25, 0.3) is 17.7 Å². The summed E-state index contributed by atoms with van der Waals surface area (Å²) in [6.45, 7) is 3.00. The first kappa shape index (κ1) is 22.4. The summed E-state index contributed by atoms with van der Waals surface area (Å²) in [6, 6.07) is 14.4. The van der Waals surface area contributed by atoms with Crippen molar-refractivity contribution in [1.29, 1.82) is 0 Å². The second kappa shape index (κ2) is 9.15. The number of aromatic nitrogens is 4. The van der Waals surface area contributed by atoms with Gasteiger partial charge in [-0.05, 0) is 53.6 Å². The minimum atomic E-state index is -0.363. The number of anilines is 1. The number of hydrogen-bond donors (Lipinski definition) is 0. The van der Waals surface area contributed by atoms with Crippen LogP contribution in [0.4, 0.5) is 5.95 Å². The van der Waals surface area contributed by atoms with E-state index in [2.05, 4.69) is 15.5 Å². The highest BCUT2D eigenvalue weighted by Crippen LogP contribution is 2.27. The maximum absolute atomic E-state index is 13.3. The molecule has 2 saturated heterocycles. The van der Waals surface area contributed by atoms with E-state index in [1.54, 1.807) is 27.8 Å². The zero-order chi connectivity index (χ0) is 24.6. The van der Waals surface area contributed by atoms with Crippen LogP contribution in [0.1, 0.15) is 43.9 Å². The lowest BCUT2D eigenvalue weighted by atomic mass is 10.0. The molecule has 2 fully saturated rings. The number of hydrogen-bond acceptors (Lipinski definition) is 8. The number of imide groups is 1. The third-order valence-electron chi connectivity index (χ3n) is 6.93. The zero-order valence-corrected chi connectivity index (χ0v) is 19.6. The molecule has 184 valence electrons. The van der Waals surface area contributed by atoms with Gasteiger partial charge in [-0.3, -0.25) is 19.3 Å². The van der Waals surface area contributed by atoms with E-state index < -0.39 is 0 Å². The molecule has 4 heterocycles. The standard InChI is InChI=1S/C25H25N7O4/c33-22(17-8-9-20-21(15-17)24(35)31(23(20)34)16-19-7-4-14-36-19)29-10-12-30(13-11-29)25-26-27-28-32(25)18-5-2-1-3-6-18/h1-3,5-6,8-9,15,19H,4,7,10-14,16H2. The topological polar surface area (TPSA) is 114 Å². The quantitative estimate of drug-likeness (QED) is 0.496. The lowest BCUT2D eigenvalue weighted by molar-refractivity contribution is 0.0475. The van der Waals surface area contributed by atoms with Crippen molar-refractivity contribution in [2.24, 2.45) is 0 Å². The largest absolute Gasteiger partial charge is 0.376 e. The van der Waals surface area contributed by atoms with Gasteiger partial charge in [0.05, 0.1) is 29.5 Å². The Hall–Kier alpha value is -4.12. The van der Waals surface area contributed by atoms with E-state index >= 15 is 0 Å². The van der Waals surface area contributed by atoms with Crippen LogP contribution in [-0.4, -0.2) is 93.2 Å². The van der Waals surface area contributed by atoms with Gasteiger partial charge in [0, 0.05) is 38.3 Å². The summed E-state index contributed by atoms with van der Waals surface area (Å²) >= 11 is 0. The predicted octanol–water partition coefficient (Wildman–Crippen LogP) is 1.40. The summed E-state index contributed by atoms with van der Waals surface area (Å²) in [5.74, 6) is -0.230. The first-order valence-electron chi connectivity index (χ1n) is 12.1. The molecule has 1 atom stereocenters. The van der Waals surface area contributed by atoms with E-state index in [0.29, 0.717) is 49.9 Å². The summed E-state index contributed by atoms with van der Waals surface area (Å²) in [4.78, 5) is 44.1. The number of fused-ring (bicyclic) bond motifs is 1. The Bertz CT molecular complexity index is 1310. The van der Waals surface area contributed by atoms with Crippen molar-refractivity contribution >= 4 is 23.7 Å². The molecule has 0 N–H and O–H groups in total. The molecule has 11 nitrogen and oxygen atoms in total. The van der Waals surface area contributed by atoms with Gasteiger partial charge in [-0.1, -0.05) is 23.3 Å². The Morgan fingerprint density at radius 1 is 0.972 bits per heavy atom. The van der Waals surface area contributed by atoms with Gasteiger partial charge in [-0.25, -0.2) is 0 Å². The maximum Gasteiger partial charge on any atom is 0.261 e. The minimum Gasteiger partial charge on any atom is -0.376 e. The molecule has 1 unspecified atom stereocenters. The van der Waals surface area contributed by atoms with E-state index in [9.17, 15) is 14.4 Å². The minimum absolute atomic E-state index is 0.118. The number of benzene rings is 2. The van der Waals surface area contributed by atoms with Crippen LogP contribution in [0.15, 0.2) is 48.5 Å². The van der Waals surface area contributed by atoms with Crippen molar-refractivity contribution in [2.75, 3.05) is 44.2 Å². The number of carbonyl (C=O) groups excluding carboxylic acids is 3. The molecule has 0 radical (unpaired) electrons. The molecule has 3 aromatic rings. The van der Waals surface area contributed by atoms with Crippen LogP contribution in [0.2, 0.25) is 0 Å². The molecule has 3 amide bonds. The number of amides is 3. The van der Waals surface area contributed by atoms with Crippen LogP contribution in [0, 0.1) is 0 Å². The Kier molecular flexibility index (Phi) is 5.68. The molecule has 6 rings (SSSR count). The summed E-state index contributed by atoms with van der Waals surface area (Å²) in [5, 5.41) is 12.1. The van der Waals surface area contributed by atoms with Crippen molar-refractivity contribution in [3.8, 4) is 5.69 Å². The third kappa shape index (κ3) is 3.91. The lowest BCUT2D eigenvalue weighted by Crippen LogP contribution is -2.49. The second-order valence-electron chi connectivity index (χ2n) is 9.12. The molecular weight excluding hydrogens is 462 g/mol. The number of tetrazole rings is 1. The lowest BCUT2D eigenvalue weighted by Gasteiger charge is -2.34. The van der Waals surface area contributed by atoms with Gasteiger partial charge in [0.2, 0.25) is 5.95 Å². The van der Waals surface area contributed by atoms with Crippen LogP contribution < -0.4 is 4.90 Å². The SMILES string of the molecule is O=C(c1ccc2c(c1)C(=O)N(CC1CCCO1)C2=O)N1CCN(c2nnnn2-c2ccccc2)CC1. The number of para-hydroxylation sites is 1. The number of ether oxygens (including phenoxy) is 1. The van der Waals surface area contributed by atoms with Crippen LogP contribution in [0.25, 0.3) is 5.69 Å². The van der Waals surface area contributed by atoms with Gasteiger partial charge in [-0.15, -0.1) is 0 Å². The highest BCUT2D eigenvalue weighted by atomic mass is 16.5. The fourth-order valence-electron chi connectivity index (χ4n) is 4.99. The maximum atomic E-state index is 13.3. The highest BCUT2D eigenvalue weighted by Gasteiger charge is 2.38. The molecule has 0 bridgehead atoms. The smallest absolute Gasteiger partial charge is 0.261 e. The molecule has 11 heteroatoms. The van der Waals surface area contributed by atoms with Crippen LogP contribution in [-0.2, 0) is 4.74 Å². The van der Waals surface area contributed by atoms with Crippen molar-refractivity contribution in [3.63, 3.8) is 0 Å². The molecule has 2 aromatic carbocycles. The number of rotatable bonds is 5. The first-order valence-corrected chi connectivity index (χ1v) is 12.1. The zero-order valence-electron chi connectivity index (χ0n) is 19.6. The fraction of sp³-hybridized carbons (Fsp3) is 0.360. The van der Waals surface area contributed by atoms with E-state index in [1.807, 2.05) is 35.2 Å². The highest BCUT2D eigenvalue weighted by molar-refractivity contribution is 6.22. The van der Waals surface area contributed by atoms with Crippen molar-refractivity contribution < 1.29 is 19.1 Å². The van der Waals surface area contributed by atoms with Gasteiger partial charge in [-0.2, -0.15) is 4.68 Å². The number of carbonyl (C=O) groups is 3. The van der Waals surface area contributed by atoms with Gasteiger partial charge < -0.3 is 14.5 Å². The summed E-state index contributed by atoms with van der Waals surface area (Å²) < 4.78 is 7.28. The van der Waals surface area contributed by atoms with E-state index in [4.69, 9.17) is 4.74 Å². The number of nitrogens with zero attached hydrogens (tertiary/aromatic N) is 7. The Labute approximate surface area is 207 Å². The van der Waals surface area contributed by atoms with Crippen molar-refractivity contribution in [3.05, 3.63) is 65.2 Å². The summed E-state index contributed by atoms with van der Waals surface area (Å²) in [7, 11) is 0. The first-order chi connectivity index (χ1) is 17.6. The van der Waals surface area contributed by atoms with Crippen molar-refractivity contribution in [2.45, 2.75) is 18.9 Å². The molecule has 1 aromatic heterocycles. The average molecular weight is 488 g/mol. The van der Waals surface area contributed by atoms with Crippen LogP contribution in [0.5, 0.6) is 0 Å². The monoisotopic (exact) mass is 487 g/mol. The Balaban J connectivity index is 1.13. The third-order valence-corrected chi connectivity index (χ3v) is 6.93. The second-order valence-corrected chi connectivity index (χ2v) is 9.12. The normalized spacial score (nSPS) is 19.8. The molecular formula is C25H25N7O4. The predicted molar refractivity (Wildman–Crippen MR) is 128 cm³/mol. The molecule has 3 aliphatic heterocycles. The van der Waals surface area contributed by atoms with E-state index in [0.717, 1.165) is 18.5 Å².